The van der Waals surface area contributed by atoms with Crippen molar-refractivity contribution in [3.8, 4) is 0 Å². The lowest BCUT2D eigenvalue weighted by Gasteiger charge is -2.08. The van der Waals surface area contributed by atoms with Gasteiger partial charge in [-0.05, 0) is 43.3 Å². The van der Waals surface area contributed by atoms with Crippen LogP contribution in [0.2, 0.25) is 0 Å². The monoisotopic (exact) mass is 363 g/mol. The summed E-state index contributed by atoms with van der Waals surface area (Å²) in [5.41, 5.74) is 1.43. The van der Waals surface area contributed by atoms with Gasteiger partial charge in [-0.2, -0.15) is 0 Å². The summed E-state index contributed by atoms with van der Waals surface area (Å²) in [6, 6.07) is 8.67. The first-order chi connectivity index (χ1) is 12.9. The predicted octanol–water partition coefficient (Wildman–Crippen LogP) is 1.44. The van der Waals surface area contributed by atoms with Crippen molar-refractivity contribution in [2.45, 2.75) is 6.92 Å². The second kappa shape index (κ2) is 5.87. The molecule has 0 unspecified atom stereocenters. The number of anilines is 1. The van der Waals surface area contributed by atoms with Crippen LogP contribution < -0.4 is 10.6 Å². The number of nitrogens with zero attached hydrogens (tertiary/aromatic N) is 1. The summed E-state index contributed by atoms with van der Waals surface area (Å²) in [4.78, 5) is 61.3. The lowest BCUT2D eigenvalue weighted by molar-refractivity contribution is 0.0661. The molecule has 0 aliphatic carbocycles. The maximum atomic E-state index is 12.5. The fourth-order valence-corrected chi connectivity index (χ4v) is 3.17. The Morgan fingerprint density at radius 1 is 0.889 bits per heavy atom. The second-order valence-corrected chi connectivity index (χ2v) is 6.11. The largest absolute Gasteiger partial charge is 0.322 e. The molecule has 8 nitrogen and oxygen atoms in total. The number of rotatable bonds is 3. The first kappa shape index (κ1) is 16.6. The molecule has 4 rings (SSSR count). The van der Waals surface area contributed by atoms with E-state index in [0.717, 1.165) is 4.90 Å². The topological polar surface area (TPSA) is 113 Å². The van der Waals surface area contributed by atoms with E-state index in [1.54, 1.807) is 6.92 Å². The summed E-state index contributed by atoms with van der Waals surface area (Å²) in [5.74, 6) is -2.31. The molecule has 2 aliphatic rings. The highest BCUT2D eigenvalue weighted by atomic mass is 16.2. The van der Waals surface area contributed by atoms with Crippen molar-refractivity contribution >= 4 is 35.2 Å². The van der Waals surface area contributed by atoms with Crippen LogP contribution in [0.25, 0.3) is 0 Å². The summed E-state index contributed by atoms with van der Waals surface area (Å²) < 4.78 is 0. The summed E-state index contributed by atoms with van der Waals surface area (Å²) in [5, 5.41) is 4.80. The SMILES string of the molecule is CCN1C(=O)c2ccc(C(=O)Nc3ccc4c(c3)C(=O)NC4=O)cc2C1=O. The van der Waals surface area contributed by atoms with Crippen LogP contribution in [0.1, 0.15) is 58.7 Å². The van der Waals surface area contributed by atoms with E-state index in [0.29, 0.717) is 5.69 Å². The molecule has 5 amide bonds. The van der Waals surface area contributed by atoms with Gasteiger partial charge in [-0.1, -0.05) is 0 Å². The molecule has 0 bridgehead atoms. The van der Waals surface area contributed by atoms with Gasteiger partial charge < -0.3 is 5.32 Å². The van der Waals surface area contributed by atoms with Gasteiger partial charge in [-0.15, -0.1) is 0 Å². The fourth-order valence-electron chi connectivity index (χ4n) is 3.17. The van der Waals surface area contributed by atoms with Gasteiger partial charge in [0.1, 0.15) is 0 Å². The molecule has 0 fully saturated rings. The van der Waals surface area contributed by atoms with Gasteiger partial charge in [0.25, 0.3) is 29.5 Å². The van der Waals surface area contributed by atoms with Crippen molar-refractivity contribution in [3.05, 3.63) is 64.2 Å². The van der Waals surface area contributed by atoms with Crippen LogP contribution in [0.4, 0.5) is 5.69 Å². The number of benzene rings is 2. The Labute approximate surface area is 153 Å². The van der Waals surface area contributed by atoms with Crippen LogP contribution in [0.15, 0.2) is 36.4 Å². The smallest absolute Gasteiger partial charge is 0.261 e. The molecule has 27 heavy (non-hydrogen) atoms. The normalized spacial score (nSPS) is 14.9. The number of hydrogen-bond acceptors (Lipinski definition) is 5. The van der Waals surface area contributed by atoms with E-state index in [1.165, 1.54) is 36.4 Å². The van der Waals surface area contributed by atoms with Crippen LogP contribution in [-0.2, 0) is 0 Å². The minimum absolute atomic E-state index is 0.186. The van der Waals surface area contributed by atoms with E-state index >= 15 is 0 Å². The second-order valence-electron chi connectivity index (χ2n) is 6.11. The molecular weight excluding hydrogens is 350 g/mol. The van der Waals surface area contributed by atoms with Gasteiger partial charge in [0.05, 0.1) is 22.3 Å². The van der Waals surface area contributed by atoms with Gasteiger partial charge in [0.2, 0.25) is 0 Å². The lowest BCUT2D eigenvalue weighted by Crippen LogP contribution is -2.29. The number of amides is 5. The molecule has 0 radical (unpaired) electrons. The quantitative estimate of drug-likeness (QED) is 0.801. The maximum absolute atomic E-state index is 12.5. The van der Waals surface area contributed by atoms with E-state index in [-0.39, 0.29) is 40.3 Å². The molecule has 0 saturated heterocycles. The molecule has 134 valence electrons. The highest BCUT2D eigenvalue weighted by molar-refractivity contribution is 6.23. The molecule has 2 heterocycles. The van der Waals surface area contributed by atoms with E-state index in [9.17, 15) is 24.0 Å². The third kappa shape index (κ3) is 2.50. The van der Waals surface area contributed by atoms with Crippen molar-refractivity contribution in [1.82, 2.24) is 10.2 Å². The minimum atomic E-state index is -0.521. The fraction of sp³-hybridized carbons (Fsp3) is 0.105. The molecular formula is C19H13N3O5. The van der Waals surface area contributed by atoms with Crippen molar-refractivity contribution in [3.63, 3.8) is 0 Å². The number of imide groups is 2. The van der Waals surface area contributed by atoms with E-state index in [1.807, 2.05) is 0 Å². The Morgan fingerprint density at radius 2 is 1.56 bits per heavy atom. The summed E-state index contributed by atoms with van der Waals surface area (Å²) in [6.07, 6.45) is 0. The number of fused-ring (bicyclic) bond motifs is 2. The molecule has 0 aromatic heterocycles. The number of carbonyl (C=O) groups excluding carboxylic acids is 5. The predicted molar refractivity (Wildman–Crippen MR) is 93.7 cm³/mol. The Kier molecular flexibility index (Phi) is 3.62. The molecule has 2 N–H and O–H groups in total. The zero-order valence-corrected chi connectivity index (χ0v) is 14.2. The van der Waals surface area contributed by atoms with Crippen molar-refractivity contribution in [2.24, 2.45) is 0 Å². The average Bonchev–Trinajstić information content (AvgIpc) is 3.07. The van der Waals surface area contributed by atoms with Crippen molar-refractivity contribution < 1.29 is 24.0 Å². The highest BCUT2D eigenvalue weighted by Crippen LogP contribution is 2.25. The minimum Gasteiger partial charge on any atom is -0.322 e. The van der Waals surface area contributed by atoms with E-state index < -0.39 is 23.6 Å². The van der Waals surface area contributed by atoms with E-state index in [4.69, 9.17) is 0 Å². The number of nitrogens with one attached hydrogen (secondary N) is 2. The number of hydrogen-bond donors (Lipinski definition) is 2. The Morgan fingerprint density at radius 3 is 2.30 bits per heavy atom. The Hall–Kier alpha value is -3.81. The summed E-state index contributed by atoms with van der Waals surface area (Å²) in [7, 11) is 0. The molecule has 8 heteroatoms. The van der Waals surface area contributed by atoms with Gasteiger partial charge in [0, 0.05) is 17.8 Å². The van der Waals surface area contributed by atoms with Crippen LogP contribution in [0.3, 0.4) is 0 Å². The molecule has 0 atom stereocenters. The summed E-state index contributed by atoms with van der Waals surface area (Å²) in [6.45, 7) is 1.95. The third-order valence-corrected chi connectivity index (χ3v) is 4.54. The Balaban J connectivity index is 1.61. The molecule has 2 aromatic rings. The number of carbonyl (C=O) groups is 5. The van der Waals surface area contributed by atoms with E-state index in [2.05, 4.69) is 10.6 Å². The van der Waals surface area contributed by atoms with Crippen LogP contribution >= 0.6 is 0 Å². The zero-order chi connectivity index (χ0) is 19.3. The van der Waals surface area contributed by atoms with Gasteiger partial charge >= 0.3 is 0 Å². The summed E-state index contributed by atoms with van der Waals surface area (Å²) >= 11 is 0. The third-order valence-electron chi connectivity index (χ3n) is 4.54. The molecule has 2 aromatic carbocycles. The molecule has 2 aliphatic heterocycles. The standard InChI is InChI=1S/C19H13N3O5/c1-2-22-18(26)12-5-3-9(7-14(12)19(22)27)15(23)20-10-4-6-11-13(8-10)17(25)21-16(11)24/h3-8H,2H2,1H3,(H,20,23)(H,21,24,25). The first-order valence-corrected chi connectivity index (χ1v) is 8.22. The highest BCUT2D eigenvalue weighted by Gasteiger charge is 2.35. The van der Waals surface area contributed by atoms with Crippen LogP contribution in [0, 0.1) is 0 Å². The Bertz CT molecular complexity index is 1070. The van der Waals surface area contributed by atoms with Gasteiger partial charge in [0.15, 0.2) is 0 Å². The van der Waals surface area contributed by atoms with Gasteiger partial charge in [-0.3, -0.25) is 34.2 Å². The van der Waals surface area contributed by atoms with Crippen LogP contribution in [0.5, 0.6) is 0 Å². The zero-order valence-electron chi connectivity index (χ0n) is 14.2. The lowest BCUT2D eigenvalue weighted by atomic mass is 10.0. The average molecular weight is 363 g/mol. The van der Waals surface area contributed by atoms with Crippen molar-refractivity contribution in [2.75, 3.05) is 11.9 Å². The molecule has 0 saturated carbocycles. The molecule has 0 spiro atoms. The van der Waals surface area contributed by atoms with Crippen molar-refractivity contribution in [1.29, 1.82) is 0 Å². The van der Waals surface area contributed by atoms with Crippen LogP contribution in [-0.4, -0.2) is 41.0 Å². The first-order valence-electron chi connectivity index (χ1n) is 8.22. The maximum Gasteiger partial charge on any atom is 0.261 e. The van der Waals surface area contributed by atoms with Gasteiger partial charge in [-0.25, -0.2) is 0 Å².